The molecule has 2 aliphatic rings. The smallest absolute Gasteiger partial charge is 0.254 e. The summed E-state index contributed by atoms with van der Waals surface area (Å²) in [6, 6.07) is 14.8. The number of carbonyl (C=O) groups is 1. The predicted molar refractivity (Wildman–Crippen MR) is 129 cm³/mol. The van der Waals surface area contributed by atoms with Gasteiger partial charge in [0, 0.05) is 31.9 Å². The Morgan fingerprint density at radius 3 is 2.56 bits per heavy atom. The summed E-state index contributed by atoms with van der Waals surface area (Å²) in [6.45, 7) is 2.52. The Morgan fingerprint density at radius 2 is 1.82 bits per heavy atom. The zero-order valence-corrected chi connectivity index (χ0v) is 19.3. The fourth-order valence-corrected chi connectivity index (χ4v) is 5.01. The molecule has 0 bridgehead atoms. The van der Waals surface area contributed by atoms with Crippen LogP contribution in [0.4, 0.5) is 4.39 Å². The van der Waals surface area contributed by atoms with Crippen molar-refractivity contribution in [2.45, 2.75) is 57.2 Å². The summed E-state index contributed by atoms with van der Waals surface area (Å²) in [6.07, 6.45) is 11.1. The monoisotopic (exact) mass is 462 g/mol. The van der Waals surface area contributed by atoms with Crippen molar-refractivity contribution in [2.24, 2.45) is 0 Å². The van der Waals surface area contributed by atoms with E-state index < -0.39 is 0 Å². The molecule has 1 aromatic heterocycles. The second kappa shape index (κ2) is 10.4. The third kappa shape index (κ3) is 5.47. The van der Waals surface area contributed by atoms with Crippen molar-refractivity contribution in [1.29, 1.82) is 0 Å². The van der Waals surface area contributed by atoms with Crippen molar-refractivity contribution in [3.05, 3.63) is 77.9 Å². The SMILES string of the molecule is O=C(NCc1cccc(F)c1)c1cnn(-c2ccc(OC3CCN(C4CCCC4)CC3)cc2)c1. The minimum Gasteiger partial charge on any atom is -0.490 e. The number of piperidine rings is 1. The number of ether oxygens (including phenoxy) is 1. The van der Waals surface area contributed by atoms with E-state index in [0.717, 1.165) is 43.4 Å². The Bertz CT molecular complexity index is 1100. The molecule has 178 valence electrons. The van der Waals surface area contributed by atoms with E-state index in [4.69, 9.17) is 4.74 Å². The summed E-state index contributed by atoms with van der Waals surface area (Å²) in [7, 11) is 0. The molecule has 0 atom stereocenters. The minimum absolute atomic E-state index is 0.251. The highest BCUT2D eigenvalue weighted by Gasteiger charge is 2.27. The average Bonchev–Trinajstić information content (AvgIpc) is 3.57. The maximum atomic E-state index is 13.3. The second-order valence-corrected chi connectivity index (χ2v) is 9.27. The molecule has 2 heterocycles. The lowest BCUT2D eigenvalue weighted by atomic mass is 10.0. The molecule has 0 unspecified atom stereocenters. The van der Waals surface area contributed by atoms with Gasteiger partial charge in [0.2, 0.25) is 0 Å². The number of rotatable bonds is 7. The van der Waals surface area contributed by atoms with Crippen molar-refractivity contribution < 1.29 is 13.9 Å². The van der Waals surface area contributed by atoms with Crippen LogP contribution >= 0.6 is 0 Å². The Kier molecular flexibility index (Phi) is 6.90. The van der Waals surface area contributed by atoms with Crippen LogP contribution in [0.5, 0.6) is 5.75 Å². The summed E-state index contributed by atoms with van der Waals surface area (Å²) < 4.78 is 21.2. The Labute approximate surface area is 199 Å². The highest BCUT2D eigenvalue weighted by molar-refractivity contribution is 5.93. The van der Waals surface area contributed by atoms with Gasteiger partial charge in [-0.25, -0.2) is 9.07 Å². The highest BCUT2D eigenvalue weighted by atomic mass is 19.1. The molecular weight excluding hydrogens is 431 g/mol. The number of amides is 1. The maximum Gasteiger partial charge on any atom is 0.254 e. The van der Waals surface area contributed by atoms with Crippen LogP contribution in [0.3, 0.4) is 0 Å². The van der Waals surface area contributed by atoms with Crippen molar-refractivity contribution >= 4 is 5.91 Å². The van der Waals surface area contributed by atoms with E-state index in [1.165, 1.54) is 44.0 Å². The Morgan fingerprint density at radius 1 is 1.06 bits per heavy atom. The van der Waals surface area contributed by atoms with E-state index in [-0.39, 0.29) is 24.4 Å². The lowest BCUT2D eigenvalue weighted by Crippen LogP contribution is -2.43. The van der Waals surface area contributed by atoms with Crippen molar-refractivity contribution in [3.8, 4) is 11.4 Å². The molecule has 1 amide bonds. The molecule has 1 saturated heterocycles. The van der Waals surface area contributed by atoms with Gasteiger partial charge in [-0.1, -0.05) is 25.0 Å². The van der Waals surface area contributed by atoms with Crippen LogP contribution in [0.15, 0.2) is 60.9 Å². The largest absolute Gasteiger partial charge is 0.490 e. The number of carbonyl (C=O) groups excluding carboxylic acids is 1. The van der Waals surface area contributed by atoms with Gasteiger partial charge in [-0.15, -0.1) is 0 Å². The number of aromatic nitrogens is 2. The van der Waals surface area contributed by atoms with Gasteiger partial charge in [-0.2, -0.15) is 5.10 Å². The van der Waals surface area contributed by atoms with Crippen LogP contribution in [0.2, 0.25) is 0 Å². The molecule has 0 spiro atoms. The fourth-order valence-electron chi connectivity index (χ4n) is 5.01. The van der Waals surface area contributed by atoms with Crippen molar-refractivity contribution in [2.75, 3.05) is 13.1 Å². The summed E-state index contributed by atoms with van der Waals surface area (Å²) >= 11 is 0. The van der Waals surface area contributed by atoms with E-state index in [1.807, 2.05) is 24.3 Å². The molecule has 6 nitrogen and oxygen atoms in total. The molecule has 1 aliphatic heterocycles. The molecule has 7 heteroatoms. The minimum atomic E-state index is -0.318. The van der Waals surface area contributed by atoms with E-state index in [0.29, 0.717) is 11.1 Å². The van der Waals surface area contributed by atoms with E-state index in [9.17, 15) is 9.18 Å². The zero-order valence-electron chi connectivity index (χ0n) is 19.3. The Hall–Kier alpha value is -3.19. The van der Waals surface area contributed by atoms with Crippen molar-refractivity contribution in [3.63, 3.8) is 0 Å². The standard InChI is InChI=1S/C27H31FN4O2/c28-22-5-3-4-20(16-22)17-29-27(33)21-18-30-32(19-21)24-8-10-25(11-9-24)34-26-12-14-31(15-13-26)23-6-1-2-7-23/h3-5,8-11,16,18-19,23,26H,1-2,6-7,12-15,17H2,(H,29,33). The molecule has 2 aromatic carbocycles. The summed E-state index contributed by atoms with van der Waals surface area (Å²) in [5.41, 5.74) is 2.01. The van der Waals surface area contributed by atoms with E-state index >= 15 is 0 Å². The number of hydrogen-bond acceptors (Lipinski definition) is 4. The summed E-state index contributed by atoms with van der Waals surface area (Å²) in [4.78, 5) is 15.1. The first kappa shape index (κ1) is 22.6. The third-order valence-electron chi connectivity index (χ3n) is 6.91. The number of hydrogen-bond donors (Lipinski definition) is 1. The molecule has 34 heavy (non-hydrogen) atoms. The Balaban J connectivity index is 1.12. The maximum absolute atomic E-state index is 13.3. The molecular formula is C27H31FN4O2. The number of nitrogens with one attached hydrogen (secondary N) is 1. The van der Waals surface area contributed by atoms with Crippen LogP contribution in [-0.2, 0) is 6.54 Å². The van der Waals surface area contributed by atoms with Gasteiger partial charge in [0.25, 0.3) is 5.91 Å². The molecule has 5 rings (SSSR count). The summed E-state index contributed by atoms with van der Waals surface area (Å²) in [5.74, 6) is 0.296. The first-order chi connectivity index (χ1) is 16.6. The van der Waals surface area contributed by atoms with Gasteiger partial charge in [0.05, 0.1) is 17.4 Å². The van der Waals surface area contributed by atoms with Crippen LogP contribution in [-0.4, -0.2) is 45.8 Å². The van der Waals surface area contributed by atoms with Gasteiger partial charge in [0.15, 0.2) is 0 Å². The number of halogens is 1. The van der Waals surface area contributed by atoms with Crippen LogP contribution in [0.1, 0.15) is 54.4 Å². The van der Waals surface area contributed by atoms with E-state index in [1.54, 1.807) is 23.0 Å². The topological polar surface area (TPSA) is 59.4 Å². The molecule has 1 saturated carbocycles. The van der Waals surface area contributed by atoms with Gasteiger partial charge in [0.1, 0.15) is 17.7 Å². The first-order valence-electron chi connectivity index (χ1n) is 12.2. The number of benzene rings is 2. The quantitative estimate of drug-likeness (QED) is 0.552. The third-order valence-corrected chi connectivity index (χ3v) is 6.91. The fraction of sp³-hybridized carbons (Fsp3) is 0.407. The predicted octanol–water partition coefficient (Wildman–Crippen LogP) is 4.73. The van der Waals surface area contributed by atoms with Crippen LogP contribution in [0, 0.1) is 5.82 Å². The average molecular weight is 463 g/mol. The lowest BCUT2D eigenvalue weighted by molar-refractivity contribution is 0.0768. The van der Waals surface area contributed by atoms with Gasteiger partial charge >= 0.3 is 0 Å². The highest BCUT2D eigenvalue weighted by Crippen LogP contribution is 2.27. The molecule has 3 aromatic rings. The zero-order chi connectivity index (χ0) is 23.3. The molecule has 1 N–H and O–H groups in total. The molecule has 2 fully saturated rings. The lowest BCUT2D eigenvalue weighted by Gasteiger charge is -2.36. The van der Waals surface area contributed by atoms with Crippen LogP contribution in [0.25, 0.3) is 5.69 Å². The second-order valence-electron chi connectivity index (χ2n) is 9.27. The van der Waals surface area contributed by atoms with Crippen molar-refractivity contribution in [1.82, 2.24) is 20.0 Å². The summed E-state index contributed by atoms with van der Waals surface area (Å²) in [5, 5.41) is 7.12. The van der Waals surface area contributed by atoms with Gasteiger partial charge < -0.3 is 15.0 Å². The van der Waals surface area contributed by atoms with E-state index in [2.05, 4.69) is 15.3 Å². The number of nitrogens with zero attached hydrogens (tertiary/aromatic N) is 3. The van der Waals surface area contributed by atoms with Gasteiger partial charge in [-0.3, -0.25) is 4.79 Å². The first-order valence-corrected chi connectivity index (χ1v) is 12.2. The molecule has 0 radical (unpaired) electrons. The van der Waals surface area contributed by atoms with Gasteiger partial charge in [-0.05, 0) is 67.6 Å². The number of likely N-dealkylation sites (tertiary alicyclic amines) is 1. The van der Waals surface area contributed by atoms with Crippen LogP contribution < -0.4 is 10.1 Å². The molecule has 1 aliphatic carbocycles. The normalized spacial score (nSPS) is 17.7.